The number of nitrogens with one attached hydrogen (secondary N) is 1. The summed E-state index contributed by atoms with van der Waals surface area (Å²) in [4.78, 5) is 34.2. The summed E-state index contributed by atoms with van der Waals surface area (Å²) in [7, 11) is 3.06. The molecular weight excluding hydrogens is 434 g/mol. The number of methoxy groups -OCH3 is 2. The minimum absolute atomic E-state index is 0.277. The number of benzene rings is 2. The van der Waals surface area contributed by atoms with E-state index in [1.165, 1.54) is 12.7 Å². The van der Waals surface area contributed by atoms with Gasteiger partial charge in [-0.25, -0.2) is 9.78 Å². The molecule has 0 spiro atoms. The molecule has 2 heterocycles. The predicted octanol–water partition coefficient (Wildman–Crippen LogP) is 4.63. The van der Waals surface area contributed by atoms with Gasteiger partial charge in [0.2, 0.25) is 0 Å². The molecule has 0 bridgehead atoms. The Kier molecular flexibility index (Phi) is 6.32. The molecule has 1 N–H and O–H groups in total. The van der Waals surface area contributed by atoms with Gasteiger partial charge in [-0.3, -0.25) is 4.79 Å². The molecule has 0 atom stereocenters. The molecule has 34 heavy (non-hydrogen) atoms. The molecule has 0 radical (unpaired) electrons. The summed E-state index contributed by atoms with van der Waals surface area (Å²) in [6.07, 6.45) is 2.50. The van der Waals surface area contributed by atoms with Crippen LogP contribution in [0.15, 0.2) is 47.3 Å². The van der Waals surface area contributed by atoms with Gasteiger partial charge in [-0.1, -0.05) is 30.3 Å². The van der Waals surface area contributed by atoms with Crippen LogP contribution >= 0.6 is 0 Å². The quantitative estimate of drug-likeness (QED) is 0.606. The predicted molar refractivity (Wildman–Crippen MR) is 131 cm³/mol. The van der Waals surface area contributed by atoms with Gasteiger partial charge in [0.05, 0.1) is 19.7 Å². The maximum absolute atomic E-state index is 12.8. The zero-order valence-electron chi connectivity index (χ0n) is 20.1. The van der Waals surface area contributed by atoms with Gasteiger partial charge < -0.3 is 24.1 Å². The van der Waals surface area contributed by atoms with E-state index in [0.29, 0.717) is 41.3 Å². The Morgan fingerprint density at radius 1 is 1.06 bits per heavy atom. The molecule has 4 rings (SSSR count). The topological polar surface area (TPSA) is 93.8 Å². The van der Waals surface area contributed by atoms with Gasteiger partial charge in [0.25, 0.3) is 5.56 Å². The van der Waals surface area contributed by atoms with Crippen LogP contribution in [0.5, 0.6) is 11.5 Å². The molecule has 0 saturated heterocycles. The number of rotatable bonds is 4. The van der Waals surface area contributed by atoms with Crippen molar-refractivity contribution in [1.82, 2.24) is 14.9 Å². The molecule has 1 aliphatic rings. The Balaban J connectivity index is 1.56. The lowest BCUT2D eigenvalue weighted by Crippen LogP contribution is -2.39. The summed E-state index contributed by atoms with van der Waals surface area (Å²) in [6.45, 7) is 6.70. The van der Waals surface area contributed by atoms with Gasteiger partial charge >= 0.3 is 6.09 Å². The van der Waals surface area contributed by atoms with Crippen LogP contribution in [0.4, 0.5) is 4.79 Å². The highest BCUT2D eigenvalue weighted by Gasteiger charge is 2.24. The maximum atomic E-state index is 12.8. The van der Waals surface area contributed by atoms with Crippen molar-refractivity contribution in [2.75, 3.05) is 27.3 Å². The van der Waals surface area contributed by atoms with Crippen LogP contribution in [0.1, 0.15) is 32.8 Å². The van der Waals surface area contributed by atoms with Crippen LogP contribution < -0.4 is 15.0 Å². The highest BCUT2D eigenvalue weighted by atomic mass is 16.6. The molecule has 0 aliphatic carbocycles. The fraction of sp³-hybridized carbons (Fsp3) is 0.346. The average Bonchev–Trinajstić information content (AvgIpc) is 2.82. The van der Waals surface area contributed by atoms with Crippen molar-refractivity contribution < 1.29 is 19.0 Å². The van der Waals surface area contributed by atoms with E-state index in [1.54, 1.807) is 24.1 Å². The highest BCUT2D eigenvalue weighted by Crippen LogP contribution is 2.30. The SMILES string of the molecule is COc1cc(OC)c2c(=O)[nH]c(-c3ccc(C4=CCN(C(=O)OC(C)(C)C)CC4)cc3)nc2c1. The number of hydrogen-bond acceptors (Lipinski definition) is 6. The molecule has 0 saturated carbocycles. The summed E-state index contributed by atoms with van der Waals surface area (Å²) in [6, 6.07) is 11.2. The maximum Gasteiger partial charge on any atom is 0.410 e. The fourth-order valence-electron chi connectivity index (χ4n) is 3.89. The van der Waals surface area contributed by atoms with E-state index in [4.69, 9.17) is 14.2 Å². The zero-order chi connectivity index (χ0) is 24.5. The molecular formula is C26H29N3O5. The monoisotopic (exact) mass is 463 g/mol. The van der Waals surface area contributed by atoms with E-state index < -0.39 is 5.60 Å². The summed E-state index contributed by atoms with van der Waals surface area (Å²) in [5.41, 5.74) is 2.73. The first-order chi connectivity index (χ1) is 16.2. The smallest absolute Gasteiger partial charge is 0.410 e. The fourth-order valence-corrected chi connectivity index (χ4v) is 3.89. The van der Waals surface area contributed by atoms with Gasteiger partial charge in [0.15, 0.2) is 0 Å². The van der Waals surface area contributed by atoms with E-state index in [1.807, 2.05) is 45.0 Å². The van der Waals surface area contributed by atoms with Crippen molar-refractivity contribution >= 4 is 22.6 Å². The molecule has 2 aromatic carbocycles. The molecule has 178 valence electrons. The van der Waals surface area contributed by atoms with Crippen LogP contribution in [-0.2, 0) is 4.74 Å². The number of amides is 1. The standard InChI is InChI=1S/C26H29N3O5/c1-26(2,3)34-25(31)29-12-10-17(11-13-29)16-6-8-18(9-7-16)23-27-20-14-19(32-4)15-21(33-5)22(20)24(30)28-23/h6-10,14-15H,11-13H2,1-5H3,(H,27,28,30). The van der Waals surface area contributed by atoms with Gasteiger partial charge in [0, 0.05) is 30.8 Å². The van der Waals surface area contributed by atoms with Crippen molar-refractivity contribution in [2.45, 2.75) is 32.8 Å². The second-order valence-electron chi connectivity index (χ2n) is 9.12. The van der Waals surface area contributed by atoms with Crippen LogP contribution in [-0.4, -0.2) is 53.9 Å². The summed E-state index contributed by atoms with van der Waals surface area (Å²) >= 11 is 0. The number of fused-ring (bicyclic) bond motifs is 1. The van der Waals surface area contributed by atoms with E-state index >= 15 is 0 Å². The minimum atomic E-state index is -0.509. The number of nitrogens with zero attached hydrogens (tertiary/aromatic N) is 2. The average molecular weight is 464 g/mol. The van der Waals surface area contributed by atoms with Gasteiger partial charge in [-0.15, -0.1) is 0 Å². The summed E-state index contributed by atoms with van der Waals surface area (Å²) < 4.78 is 16.1. The normalized spacial score (nSPS) is 14.0. The van der Waals surface area contributed by atoms with E-state index in [-0.39, 0.29) is 11.7 Å². The third-order valence-corrected chi connectivity index (χ3v) is 5.59. The van der Waals surface area contributed by atoms with Crippen molar-refractivity contribution in [3.63, 3.8) is 0 Å². The van der Waals surface area contributed by atoms with Crippen LogP contribution in [0.2, 0.25) is 0 Å². The van der Waals surface area contributed by atoms with Crippen LogP contribution in [0.3, 0.4) is 0 Å². The first kappa shape index (κ1) is 23.4. The number of hydrogen-bond donors (Lipinski definition) is 1. The molecule has 1 amide bonds. The van der Waals surface area contributed by atoms with Crippen LogP contribution in [0, 0.1) is 0 Å². The second kappa shape index (κ2) is 9.21. The number of carbonyl (C=O) groups is 1. The van der Waals surface area contributed by atoms with Crippen molar-refractivity contribution in [2.24, 2.45) is 0 Å². The van der Waals surface area contributed by atoms with E-state index in [0.717, 1.165) is 17.5 Å². The Hall–Kier alpha value is -3.81. The van der Waals surface area contributed by atoms with Crippen LogP contribution in [0.25, 0.3) is 27.9 Å². The molecule has 3 aromatic rings. The molecule has 8 heteroatoms. The highest BCUT2D eigenvalue weighted by molar-refractivity contribution is 5.87. The lowest BCUT2D eigenvalue weighted by atomic mass is 9.98. The molecule has 0 unspecified atom stereocenters. The van der Waals surface area contributed by atoms with E-state index in [2.05, 4.69) is 16.0 Å². The molecule has 1 aliphatic heterocycles. The number of carbonyl (C=O) groups excluding carboxylic acids is 1. The third kappa shape index (κ3) is 4.90. The molecule has 0 fully saturated rings. The van der Waals surface area contributed by atoms with Gasteiger partial charge in [-0.05, 0) is 38.3 Å². The van der Waals surface area contributed by atoms with Crippen molar-refractivity contribution in [3.05, 3.63) is 58.4 Å². The molecule has 8 nitrogen and oxygen atoms in total. The first-order valence-corrected chi connectivity index (χ1v) is 11.1. The lowest BCUT2D eigenvalue weighted by molar-refractivity contribution is 0.0270. The number of aromatic nitrogens is 2. The summed E-state index contributed by atoms with van der Waals surface area (Å²) in [5.74, 6) is 1.44. The number of aromatic amines is 1. The Labute approximate surface area is 198 Å². The Morgan fingerprint density at radius 2 is 1.76 bits per heavy atom. The third-order valence-electron chi connectivity index (χ3n) is 5.59. The van der Waals surface area contributed by atoms with Crippen molar-refractivity contribution in [3.8, 4) is 22.9 Å². The molecule has 1 aromatic heterocycles. The number of ether oxygens (including phenoxy) is 3. The largest absolute Gasteiger partial charge is 0.497 e. The summed E-state index contributed by atoms with van der Waals surface area (Å²) in [5, 5.41) is 0.380. The zero-order valence-corrected chi connectivity index (χ0v) is 20.1. The van der Waals surface area contributed by atoms with Gasteiger partial charge in [0.1, 0.15) is 28.3 Å². The Bertz CT molecular complexity index is 1300. The second-order valence-corrected chi connectivity index (χ2v) is 9.12. The minimum Gasteiger partial charge on any atom is -0.497 e. The van der Waals surface area contributed by atoms with E-state index in [9.17, 15) is 9.59 Å². The number of H-pyrrole nitrogens is 1. The first-order valence-electron chi connectivity index (χ1n) is 11.1. The van der Waals surface area contributed by atoms with Gasteiger partial charge in [-0.2, -0.15) is 0 Å². The lowest BCUT2D eigenvalue weighted by Gasteiger charge is -2.29. The Morgan fingerprint density at radius 3 is 2.35 bits per heavy atom. The van der Waals surface area contributed by atoms with Crippen molar-refractivity contribution in [1.29, 1.82) is 0 Å².